The number of thiazole rings is 1. The standard InChI is InChI=1S/C19H19N3OS2/c1-14(2)11-20-19-22(17(13-25-19)18-5-4-10-24-18)21-12-15-6-8-16(23-3)9-7-15/h4-10,12-13H,1,11H2,2-3H3. The van der Waals surface area contributed by atoms with Crippen LogP contribution in [-0.4, -0.2) is 24.5 Å². The molecule has 0 unspecified atom stereocenters. The second kappa shape index (κ2) is 8.09. The van der Waals surface area contributed by atoms with Gasteiger partial charge in [-0.2, -0.15) is 5.10 Å². The molecule has 0 bridgehead atoms. The molecule has 0 spiro atoms. The Morgan fingerprint density at radius 3 is 2.68 bits per heavy atom. The minimum atomic E-state index is 0.600. The van der Waals surface area contributed by atoms with Crippen molar-refractivity contribution in [3.63, 3.8) is 0 Å². The number of thiophene rings is 1. The highest BCUT2D eigenvalue weighted by molar-refractivity contribution is 7.14. The molecule has 0 saturated heterocycles. The van der Waals surface area contributed by atoms with Gasteiger partial charge in [-0.1, -0.05) is 18.2 Å². The number of methoxy groups -OCH3 is 1. The minimum Gasteiger partial charge on any atom is -0.497 e. The number of ether oxygens (including phenoxy) is 1. The average Bonchev–Trinajstić information content (AvgIpc) is 3.27. The molecule has 0 aliphatic carbocycles. The highest BCUT2D eigenvalue weighted by atomic mass is 32.1. The number of aromatic nitrogens is 1. The molecular formula is C19H19N3OS2. The van der Waals surface area contributed by atoms with Crippen LogP contribution in [0.15, 0.2) is 69.4 Å². The van der Waals surface area contributed by atoms with Crippen LogP contribution in [0, 0.1) is 0 Å². The van der Waals surface area contributed by atoms with Crippen molar-refractivity contribution in [2.24, 2.45) is 10.1 Å². The second-order valence-electron chi connectivity index (χ2n) is 5.48. The number of nitrogens with zero attached hydrogens (tertiary/aromatic N) is 3. The Morgan fingerprint density at radius 2 is 2.04 bits per heavy atom. The molecule has 0 amide bonds. The maximum atomic E-state index is 5.19. The van der Waals surface area contributed by atoms with Crippen LogP contribution in [0.2, 0.25) is 0 Å². The highest BCUT2D eigenvalue weighted by Crippen LogP contribution is 2.25. The number of hydrogen-bond acceptors (Lipinski definition) is 5. The summed E-state index contributed by atoms with van der Waals surface area (Å²) >= 11 is 3.28. The second-order valence-corrected chi connectivity index (χ2v) is 7.27. The summed E-state index contributed by atoms with van der Waals surface area (Å²) in [5, 5.41) is 8.83. The van der Waals surface area contributed by atoms with E-state index in [0.717, 1.165) is 27.4 Å². The SMILES string of the molecule is C=C(C)CN=c1scc(-c2cccs2)n1N=Cc1ccc(OC)cc1. The van der Waals surface area contributed by atoms with Gasteiger partial charge in [0.25, 0.3) is 0 Å². The van der Waals surface area contributed by atoms with E-state index < -0.39 is 0 Å². The third kappa shape index (κ3) is 4.35. The fraction of sp³-hybridized carbons (Fsp3) is 0.158. The normalized spacial score (nSPS) is 12.0. The molecule has 0 N–H and O–H groups in total. The first-order chi connectivity index (χ1) is 12.2. The van der Waals surface area contributed by atoms with Crippen LogP contribution in [0.1, 0.15) is 12.5 Å². The zero-order valence-electron chi connectivity index (χ0n) is 14.2. The first-order valence-corrected chi connectivity index (χ1v) is 9.51. The van der Waals surface area contributed by atoms with Crippen molar-refractivity contribution < 1.29 is 4.74 Å². The average molecular weight is 370 g/mol. The summed E-state index contributed by atoms with van der Waals surface area (Å²) in [6.07, 6.45) is 1.84. The van der Waals surface area contributed by atoms with Gasteiger partial charge in [0.15, 0.2) is 0 Å². The Hall–Kier alpha value is -2.44. The molecule has 3 aromatic rings. The van der Waals surface area contributed by atoms with Crippen molar-refractivity contribution in [2.75, 3.05) is 13.7 Å². The van der Waals surface area contributed by atoms with Gasteiger partial charge in [-0.15, -0.1) is 22.7 Å². The van der Waals surface area contributed by atoms with Crippen LogP contribution in [0.5, 0.6) is 5.75 Å². The number of hydrogen-bond donors (Lipinski definition) is 0. The summed E-state index contributed by atoms with van der Waals surface area (Å²) < 4.78 is 7.08. The maximum absolute atomic E-state index is 5.19. The summed E-state index contributed by atoms with van der Waals surface area (Å²) in [5.41, 5.74) is 3.07. The summed E-state index contributed by atoms with van der Waals surface area (Å²) in [7, 11) is 1.66. The van der Waals surface area contributed by atoms with E-state index in [1.165, 1.54) is 4.88 Å². The van der Waals surface area contributed by atoms with Crippen LogP contribution in [-0.2, 0) is 0 Å². The Kier molecular flexibility index (Phi) is 5.63. The van der Waals surface area contributed by atoms with Crippen molar-refractivity contribution >= 4 is 28.9 Å². The third-order valence-corrected chi connectivity index (χ3v) is 5.13. The smallest absolute Gasteiger partial charge is 0.206 e. The Balaban J connectivity index is 1.99. The molecule has 0 fully saturated rings. The Bertz CT molecular complexity index is 932. The zero-order chi connectivity index (χ0) is 17.6. The van der Waals surface area contributed by atoms with Gasteiger partial charge in [-0.25, -0.2) is 4.68 Å². The van der Waals surface area contributed by atoms with Gasteiger partial charge in [0, 0.05) is 5.38 Å². The predicted molar refractivity (Wildman–Crippen MR) is 107 cm³/mol. The van der Waals surface area contributed by atoms with E-state index in [9.17, 15) is 0 Å². The van der Waals surface area contributed by atoms with Gasteiger partial charge < -0.3 is 4.74 Å². The lowest BCUT2D eigenvalue weighted by Crippen LogP contribution is -2.12. The van der Waals surface area contributed by atoms with Gasteiger partial charge in [-0.05, 0) is 48.2 Å². The largest absolute Gasteiger partial charge is 0.497 e. The molecule has 0 radical (unpaired) electrons. The summed E-state index contributed by atoms with van der Waals surface area (Å²) in [6.45, 7) is 6.49. The van der Waals surface area contributed by atoms with E-state index >= 15 is 0 Å². The van der Waals surface area contributed by atoms with E-state index in [2.05, 4.69) is 33.5 Å². The molecule has 0 saturated carbocycles. The molecule has 0 aliphatic rings. The third-order valence-electron chi connectivity index (χ3n) is 3.38. The van der Waals surface area contributed by atoms with Crippen LogP contribution >= 0.6 is 22.7 Å². The molecule has 1 aromatic carbocycles. The van der Waals surface area contributed by atoms with Crippen molar-refractivity contribution in [2.45, 2.75) is 6.92 Å². The molecule has 3 rings (SSSR count). The Morgan fingerprint density at radius 1 is 1.24 bits per heavy atom. The lowest BCUT2D eigenvalue weighted by molar-refractivity contribution is 0.415. The number of benzene rings is 1. The van der Waals surface area contributed by atoms with Gasteiger partial charge >= 0.3 is 0 Å². The van der Waals surface area contributed by atoms with Crippen molar-refractivity contribution in [1.82, 2.24) is 4.68 Å². The molecule has 0 atom stereocenters. The van der Waals surface area contributed by atoms with Crippen LogP contribution in [0.25, 0.3) is 10.6 Å². The minimum absolute atomic E-state index is 0.600. The quantitative estimate of drug-likeness (QED) is 0.461. The van der Waals surface area contributed by atoms with Gasteiger partial charge in [-0.3, -0.25) is 4.99 Å². The first kappa shape index (κ1) is 17.4. The van der Waals surface area contributed by atoms with E-state index in [-0.39, 0.29) is 0 Å². The number of rotatable bonds is 6. The van der Waals surface area contributed by atoms with Crippen molar-refractivity contribution in [3.05, 3.63) is 69.7 Å². The van der Waals surface area contributed by atoms with Crippen molar-refractivity contribution in [1.29, 1.82) is 0 Å². The summed E-state index contributed by atoms with van der Waals surface area (Å²) in [5.74, 6) is 0.830. The maximum Gasteiger partial charge on any atom is 0.206 e. The topological polar surface area (TPSA) is 38.9 Å². The fourth-order valence-electron chi connectivity index (χ4n) is 2.13. The molecule has 0 aliphatic heterocycles. The molecule has 6 heteroatoms. The van der Waals surface area contributed by atoms with E-state index in [1.807, 2.05) is 48.1 Å². The summed E-state index contributed by atoms with van der Waals surface area (Å²) in [4.78, 5) is 6.65. The Labute approximate surface area is 155 Å². The zero-order valence-corrected chi connectivity index (χ0v) is 15.8. The molecule has 25 heavy (non-hydrogen) atoms. The predicted octanol–water partition coefficient (Wildman–Crippen LogP) is 4.65. The fourth-order valence-corrected chi connectivity index (χ4v) is 3.76. The van der Waals surface area contributed by atoms with Gasteiger partial charge in [0.2, 0.25) is 4.80 Å². The molecule has 128 valence electrons. The lowest BCUT2D eigenvalue weighted by Gasteiger charge is -2.02. The monoisotopic (exact) mass is 369 g/mol. The molecule has 4 nitrogen and oxygen atoms in total. The first-order valence-electron chi connectivity index (χ1n) is 7.75. The molecule has 2 heterocycles. The lowest BCUT2D eigenvalue weighted by atomic mass is 10.2. The van der Waals surface area contributed by atoms with Crippen LogP contribution in [0.3, 0.4) is 0 Å². The van der Waals surface area contributed by atoms with Crippen LogP contribution in [0.4, 0.5) is 0 Å². The molecular weight excluding hydrogens is 350 g/mol. The molecule has 2 aromatic heterocycles. The van der Waals surface area contributed by atoms with E-state index in [4.69, 9.17) is 4.74 Å². The summed E-state index contributed by atoms with van der Waals surface area (Å²) in [6, 6.07) is 11.9. The highest BCUT2D eigenvalue weighted by Gasteiger charge is 2.08. The van der Waals surface area contributed by atoms with E-state index in [1.54, 1.807) is 29.8 Å². The van der Waals surface area contributed by atoms with Gasteiger partial charge in [0.1, 0.15) is 5.75 Å². The van der Waals surface area contributed by atoms with Crippen LogP contribution < -0.4 is 9.54 Å². The van der Waals surface area contributed by atoms with Crippen molar-refractivity contribution in [3.8, 4) is 16.3 Å². The van der Waals surface area contributed by atoms with E-state index in [0.29, 0.717) is 6.54 Å². The van der Waals surface area contributed by atoms with Gasteiger partial charge in [0.05, 0.1) is 30.4 Å².